The van der Waals surface area contributed by atoms with Crippen molar-refractivity contribution in [1.82, 2.24) is 20.2 Å². The summed E-state index contributed by atoms with van der Waals surface area (Å²) in [6.07, 6.45) is -0.501. The van der Waals surface area contributed by atoms with Gasteiger partial charge in [-0.1, -0.05) is 24.3 Å². The molecule has 10 heteroatoms. The molecule has 1 amide bonds. The van der Waals surface area contributed by atoms with Crippen molar-refractivity contribution in [3.8, 4) is 0 Å². The van der Waals surface area contributed by atoms with Crippen molar-refractivity contribution in [2.24, 2.45) is 5.73 Å². The number of aromatic amines is 1. The molecule has 0 unspecified atom stereocenters. The second kappa shape index (κ2) is 8.07. The molecule has 0 spiro atoms. The van der Waals surface area contributed by atoms with Gasteiger partial charge in [-0.2, -0.15) is 18.3 Å². The molecule has 0 atom stereocenters. The average molecular weight is 390 g/mol. The van der Waals surface area contributed by atoms with Crippen LogP contribution in [0.15, 0.2) is 42.9 Å². The molecule has 0 aliphatic carbocycles. The minimum absolute atomic E-state index is 0.0210. The molecule has 28 heavy (non-hydrogen) atoms. The highest BCUT2D eigenvalue weighted by molar-refractivity contribution is 5.77. The zero-order valence-corrected chi connectivity index (χ0v) is 14.6. The summed E-state index contributed by atoms with van der Waals surface area (Å²) in [6, 6.07) is 7.00. The van der Waals surface area contributed by atoms with Gasteiger partial charge in [0.1, 0.15) is 0 Å². The van der Waals surface area contributed by atoms with Crippen molar-refractivity contribution in [3.63, 3.8) is 0 Å². The summed E-state index contributed by atoms with van der Waals surface area (Å²) in [5.41, 5.74) is 6.18. The minimum Gasteiger partial charge on any atom is -0.369 e. The van der Waals surface area contributed by atoms with Gasteiger partial charge >= 0.3 is 6.18 Å². The third-order valence-corrected chi connectivity index (χ3v) is 4.04. The van der Waals surface area contributed by atoms with E-state index >= 15 is 0 Å². The average Bonchev–Trinajstić information content (AvgIpc) is 3.12. The fourth-order valence-corrected chi connectivity index (χ4v) is 2.77. The highest BCUT2D eigenvalue weighted by Crippen LogP contribution is 2.32. The number of halogens is 3. The first-order valence-corrected chi connectivity index (χ1v) is 8.37. The zero-order valence-electron chi connectivity index (χ0n) is 14.6. The Morgan fingerprint density at radius 1 is 1.14 bits per heavy atom. The number of carbonyl (C=O) groups is 1. The van der Waals surface area contributed by atoms with E-state index in [0.29, 0.717) is 11.3 Å². The smallest absolute Gasteiger partial charge is 0.369 e. The molecular weight excluding hydrogens is 373 g/mol. The van der Waals surface area contributed by atoms with Crippen LogP contribution in [0.2, 0.25) is 0 Å². The first-order chi connectivity index (χ1) is 13.3. The van der Waals surface area contributed by atoms with Crippen LogP contribution in [-0.4, -0.2) is 26.1 Å². The molecule has 0 aliphatic rings. The zero-order chi connectivity index (χ0) is 20.1. The van der Waals surface area contributed by atoms with E-state index in [1.807, 2.05) is 0 Å². The van der Waals surface area contributed by atoms with Crippen LogP contribution in [0.3, 0.4) is 0 Å². The van der Waals surface area contributed by atoms with E-state index in [-0.39, 0.29) is 30.9 Å². The highest BCUT2D eigenvalue weighted by atomic mass is 19.4. The number of benzene rings is 1. The monoisotopic (exact) mass is 390 g/mol. The molecular formula is C18H17F3N6O. The number of alkyl halides is 3. The van der Waals surface area contributed by atoms with Crippen LogP contribution in [0.4, 0.5) is 24.8 Å². The second-order valence-electron chi connectivity index (χ2n) is 6.08. The summed E-state index contributed by atoms with van der Waals surface area (Å²) >= 11 is 0. The second-order valence-corrected chi connectivity index (χ2v) is 6.08. The summed E-state index contributed by atoms with van der Waals surface area (Å²) in [5.74, 6) is -0.466. The molecule has 1 aromatic carbocycles. The number of amides is 1. The van der Waals surface area contributed by atoms with Gasteiger partial charge in [-0.25, -0.2) is 9.97 Å². The lowest BCUT2D eigenvalue weighted by atomic mass is 9.98. The van der Waals surface area contributed by atoms with Crippen LogP contribution in [0.1, 0.15) is 22.4 Å². The number of carbonyl (C=O) groups excluding carboxylic acids is 1. The first kappa shape index (κ1) is 19.3. The van der Waals surface area contributed by atoms with Gasteiger partial charge in [-0.15, -0.1) is 0 Å². The number of hydrogen-bond acceptors (Lipinski definition) is 5. The van der Waals surface area contributed by atoms with E-state index < -0.39 is 17.6 Å². The molecule has 4 N–H and O–H groups in total. The highest BCUT2D eigenvalue weighted by Gasteiger charge is 2.34. The molecule has 0 bridgehead atoms. The Morgan fingerprint density at radius 3 is 2.54 bits per heavy atom. The Bertz CT molecular complexity index is 956. The van der Waals surface area contributed by atoms with E-state index in [1.54, 1.807) is 24.3 Å². The Morgan fingerprint density at radius 2 is 1.89 bits per heavy atom. The van der Waals surface area contributed by atoms with Crippen LogP contribution >= 0.6 is 0 Å². The van der Waals surface area contributed by atoms with Crippen LogP contribution in [-0.2, 0) is 30.2 Å². The van der Waals surface area contributed by atoms with Crippen LogP contribution < -0.4 is 11.1 Å². The number of aryl methyl sites for hydroxylation is 2. The molecule has 0 saturated heterocycles. The van der Waals surface area contributed by atoms with E-state index in [2.05, 4.69) is 25.5 Å². The van der Waals surface area contributed by atoms with Gasteiger partial charge in [0, 0.05) is 12.4 Å². The Balaban J connectivity index is 1.86. The number of nitrogens with one attached hydrogen (secondary N) is 2. The third-order valence-electron chi connectivity index (χ3n) is 4.04. The van der Waals surface area contributed by atoms with Gasteiger partial charge < -0.3 is 11.1 Å². The summed E-state index contributed by atoms with van der Waals surface area (Å²) in [6.45, 7) is 0. The summed E-state index contributed by atoms with van der Waals surface area (Å²) in [4.78, 5) is 19.0. The largest absolute Gasteiger partial charge is 0.419 e. The maximum Gasteiger partial charge on any atom is 0.419 e. The number of primary amides is 1. The molecule has 0 aliphatic heterocycles. The molecule has 146 valence electrons. The standard InChI is InChI=1S/C18H17F3N6O/c19-18(20,21)14-10-23-17(26-13-8-24-25-9-13)27-15(14)6-5-11-3-1-2-4-12(11)7-16(22)28/h1-4,8-10H,5-7H2,(H2,22,28)(H,24,25)(H,23,26,27). The molecule has 2 heterocycles. The topological polar surface area (TPSA) is 110 Å². The number of nitrogens with two attached hydrogens (primary N) is 1. The summed E-state index contributed by atoms with van der Waals surface area (Å²) in [5, 5.41) is 9.12. The van der Waals surface area contributed by atoms with Crippen LogP contribution in [0.25, 0.3) is 0 Å². The Labute approximate surface area is 158 Å². The molecule has 2 aromatic heterocycles. The molecule has 0 radical (unpaired) electrons. The van der Waals surface area contributed by atoms with Gasteiger partial charge in [0.05, 0.1) is 29.6 Å². The molecule has 0 fully saturated rings. The molecule has 0 saturated carbocycles. The minimum atomic E-state index is -4.57. The number of rotatable bonds is 7. The fraction of sp³-hybridized carbons (Fsp3) is 0.222. The lowest BCUT2D eigenvalue weighted by Crippen LogP contribution is -2.16. The number of aromatic nitrogens is 4. The van der Waals surface area contributed by atoms with E-state index in [1.165, 1.54) is 12.4 Å². The third kappa shape index (κ3) is 4.84. The van der Waals surface area contributed by atoms with Crippen LogP contribution in [0.5, 0.6) is 0 Å². The van der Waals surface area contributed by atoms with Gasteiger partial charge in [-0.3, -0.25) is 9.89 Å². The SMILES string of the molecule is NC(=O)Cc1ccccc1CCc1nc(Nc2cn[nH]c2)ncc1C(F)(F)F. The van der Waals surface area contributed by atoms with Crippen molar-refractivity contribution in [1.29, 1.82) is 0 Å². The van der Waals surface area contributed by atoms with Crippen molar-refractivity contribution in [2.45, 2.75) is 25.4 Å². The number of anilines is 2. The van der Waals surface area contributed by atoms with E-state index in [9.17, 15) is 18.0 Å². The fourth-order valence-electron chi connectivity index (χ4n) is 2.77. The predicted molar refractivity (Wildman–Crippen MR) is 95.7 cm³/mol. The van der Waals surface area contributed by atoms with Crippen molar-refractivity contribution < 1.29 is 18.0 Å². The van der Waals surface area contributed by atoms with E-state index in [0.717, 1.165) is 11.8 Å². The van der Waals surface area contributed by atoms with Gasteiger partial charge in [0.25, 0.3) is 0 Å². The normalized spacial score (nSPS) is 11.4. The maximum atomic E-state index is 13.4. The number of hydrogen-bond donors (Lipinski definition) is 3. The number of nitrogens with zero attached hydrogens (tertiary/aromatic N) is 3. The Kier molecular flexibility index (Phi) is 5.57. The van der Waals surface area contributed by atoms with Crippen LogP contribution in [0, 0.1) is 0 Å². The van der Waals surface area contributed by atoms with Gasteiger partial charge in [0.15, 0.2) is 0 Å². The summed E-state index contributed by atoms with van der Waals surface area (Å²) < 4.78 is 40.1. The van der Waals surface area contributed by atoms with Crippen molar-refractivity contribution in [2.75, 3.05) is 5.32 Å². The molecule has 3 aromatic rings. The molecule has 7 nitrogen and oxygen atoms in total. The lowest BCUT2D eigenvalue weighted by Gasteiger charge is -2.14. The van der Waals surface area contributed by atoms with Gasteiger partial charge in [-0.05, 0) is 24.0 Å². The van der Waals surface area contributed by atoms with Gasteiger partial charge in [0.2, 0.25) is 11.9 Å². The Hall–Kier alpha value is -3.43. The molecule has 3 rings (SSSR count). The quantitative estimate of drug-likeness (QED) is 0.575. The first-order valence-electron chi connectivity index (χ1n) is 8.37. The van der Waals surface area contributed by atoms with Crippen molar-refractivity contribution in [3.05, 3.63) is 65.2 Å². The maximum absolute atomic E-state index is 13.4. The predicted octanol–water partition coefficient (Wildman–Crippen LogP) is 2.78. The van der Waals surface area contributed by atoms with Crippen molar-refractivity contribution >= 4 is 17.5 Å². The van der Waals surface area contributed by atoms with E-state index in [4.69, 9.17) is 5.73 Å². The lowest BCUT2D eigenvalue weighted by molar-refractivity contribution is -0.138. The summed E-state index contributed by atoms with van der Waals surface area (Å²) in [7, 11) is 0. The number of H-pyrrole nitrogens is 1.